The van der Waals surface area contributed by atoms with E-state index >= 15 is 0 Å². The maximum absolute atomic E-state index is 12.4. The van der Waals surface area contributed by atoms with Crippen LogP contribution in [0, 0.1) is 5.41 Å². The lowest BCUT2D eigenvalue weighted by atomic mass is 9.72. The average Bonchev–Trinajstić information content (AvgIpc) is 2.58. The number of nitrogens with zero attached hydrogens (tertiary/aromatic N) is 3. The molecule has 1 aromatic rings. The topological polar surface area (TPSA) is 65.5 Å². The number of piperidine rings is 2. The molecule has 2 aliphatic heterocycles. The summed E-state index contributed by atoms with van der Waals surface area (Å²) in [5.41, 5.74) is 0.851. The van der Waals surface area contributed by atoms with E-state index in [1.54, 1.807) is 6.20 Å². The number of pyridine rings is 1. The van der Waals surface area contributed by atoms with Crippen molar-refractivity contribution in [3.8, 4) is 0 Å². The molecule has 0 atom stereocenters. The number of hydrogen-bond acceptors (Lipinski definition) is 3. The van der Waals surface area contributed by atoms with Crippen LogP contribution in [0.1, 0.15) is 52.1 Å². The van der Waals surface area contributed by atoms with Crippen LogP contribution in [0.3, 0.4) is 0 Å². The van der Waals surface area contributed by atoms with Gasteiger partial charge in [0, 0.05) is 37.8 Å². The molecule has 3 amide bonds. The fraction of sp³-hybridized carbons (Fsp3) is 0.650. The Bertz CT molecular complexity index is 646. The summed E-state index contributed by atoms with van der Waals surface area (Å²) in [6, 6.07) is 5.83. The molecule has 0 radical (unpaired) electrons. The Labute approximate surface area is 156 Å². The summed E-state index contributed by atoms with van der Waals surface area (Å²) in [4.78, 5) is 33.0. The summed E-state index contributed by atoms with van der Waals surface area (Å²) in [7, 11) is 0. The molecule has 0 aliphatic carbocycles. The van der Waals surface area contributed by atoms with Gasteiger partial charge in [0.15, 0.2) is 0 Å². The van der Waals surface area contributed by atoms with Gasteiger partial charge in [0.2, 0.25) is 5.91 Å². The minimum atomic E-state index is -0.219. The van der Waals surface area contributed by atoms with Crippen LogP contribution < -0.4 is 5.32 Å². The number of urea groups is 1. The van der Waals surface area contributed by atoms with Crippen LogP contribution in [0.15, 0.2) is 24.4 Å². The molecule has 1 aromatic heterocycles. The van der Waals surface area contributed by atoms with Crippen molar-refractivity contribution in [2.75, 3.05) is 19.6 Å². The molecular formula is C20H30N4O2. The average molecular weight is 358 g/mol. The van der Waals surface area contributed by atoms with Gasteiger partial charge in [0.1, 0.15) is 0 Å². The molecule has 0 saturated carbocycles. The van der Waals surface area contributed by atoms with E-state index < -0.39 is 0 Å². The van der Waals surface area contributed by atoms with Crippen LogP contribution >= 0.6 is 0 Å². The van der Waals surface area contributed by atoms with Gasteiger partial charge >= 0.3 is 6.03 Å². The summed E-state index contributed by atoms with van der Waals surface area (Å²) >= 11 is 0. The van der Waals surface area contributed by atoms with Crippen LogP contribution in [-0.2, 0) is 11.3 Å². The number of likely N-dealkylation sites (tertiary alicyclic amines) is 2. The van der Waals surface area contributed by atoms with E-state index in [1.165, 1.54) is 0 Å². The molecule has 142 valence electrons. The quantitative estimate of drug-likeness (QED) is 0.884. The Morgan fingerprint density at radius 3 is 2.58 bits per heavy atom. The van der Waals surface area contributed by atoms with E-state index in [1.807, 2.05) is 48.8 Å². The zero-order valence-corrected chi connectivity index (χ0v) is 16.1. The summed E-state index contributed by atoms with van der Waals surface area (Å²) in [6.07, 6.45) is 5.21. The summed E-state index contributed by atoms with van der Waals surface area (Å²) < 4.78 is 0. The molecule has 2 aliphatic rings. The zero-order valence-electron chi connectivity index (χ0n) is 16.1. The van der Waals surface area contributed by atoms with Crippen LogP contribution in [-0.4, -0.2) is 51.9 Å². The number of nitrogens with one attached hydrogen (secondary N) is 1. The van der Waals surface area contributed by atoms with Crippen molar-refractivity contribution in [3.05, 3.63) is 30.1 Å². The molecule has 0 bridgehead atoms. The first-order chi connectivity index (χ1) is 12.3. The van der Waals surface area contributed by atoms with Gasteiger partial charge in [-0.15, -0.1) is 0 Å². The van der Waals surface area contributed by atoms with Crippen molar-refractivity contribution >= 4 is 11.9 Å². The molecule has 26 heavy (non-hydrogen) atoms. The van der Waals surface area contributed by atoms with E-state index in [2.05, 4.69) is 10.3 Å². The summed E-state index contributed by atoms with van der Waals surface area (Å²) in [5.74, 6) is 0.217. The highest BCUT2D eigenvalue weighted by Gasteiger charge is 2.42. The molecule has 2 fully saturated rings. The lowest BCUT2D eigenvalue weighted by molar-refractivity contribution is -0.139. The third kappa shape index (κ3) is 4.54. The van der Waals surface area contributed by atoms with E-state index in [-0.39, 0.29) is 22.9 Å². The van der Waals surface area contributed by atoms with Gasteiger partial charge in [0.05, 0.1) is 12.2 Å². The Kier molecular flexibility index (Phi) is 5.21. The highest BCUT2D eigenvalue weighted by molar-refractivity contribution is 5.77. The van der Waals surface area contributed by atoms with Crippen molar-refractivity contribution in [3.63, 3.8) is 0 Å². The molecular weight excluding hydrogens is 328 g/mol. The number of carbonyl (C=O) groups excluding carboxylic acids is 2. The number of amides is 3. The molecule has 6 heteroatoms. The predicted octanol–water partition coefficient (Wildman–Crippen LogP) is 2.79. The van der Waals surface area contributed by atoms with Crippen LogP contribution in [0.2, 0.25) is 0 Å². The minimum Gasteiger partial charge on any atom is -0.336 e. The van der Waals surface area contributed by atoms with Crippen LogP contribution in [0.5, 0.6) is 0 Å². The summed E-state index contributed by atoms with van der Waals surface area (Å²) in [5, 5.41) is 3.04. The number of hydrogen-bond donors (Lipinski definition) is 1. The first-order valence-electron chi connectivity index (χ1n) is 9.51. The monoisotopic (exact) mass is 358 g/mol. The Morgan fingerprint density at radius 2 is 1.96 bits per heavy atom. The first-order valence-corrected chi connectivity index (χ1v) is 9.51. The fourth-order valence-electron chi connectivity index (χ4n) is 3.93. The smallest absolute Gasteiger partial charge is 0.317 e. The van der Waals surface area contributed by atoms with E-state index in [9.17, 15) is 9.59 Å². The van der Waals surface area contributed by atoms with Gasteiger partial charge < -0.3 is 15.1 Å². The first kappa shape index (κ1) is 18.7. The second kappa shape index (κ2) is 7.25. The second-order valence-corrected chi connectivity index (χ2v) is 8.74. The normalized spacial score (nSPS) is 20.3. The second-order valence-electron chi connectivity index (χ2n) is 8.74. The lowest BCUT2D eigenvalue weighted by Gasteiger charge is -2.47. The van der Waals surface area contributed by atoms with Gasteiger partial charge in [-0.2, -0.15) is 0 Å². The van der Waals surface area contributed by atoms with E-state index in [0.29, 0.717) is 13.0 Å². The molecule has 2 saturated heterocycles. The Balaban J connectivity index is 1.59. The maximum atomic E-state index is 12.4. The van der Waals surface area contributed by atoms with E-state index in [0.717, 1.165) is 44.6 Å². The van der Waals surface area contributed by atoms with Gasteiger partial charge in [-0.3, -0.25) is 9.78 Å². The molecule has 3 heterocycles. The van der Waals surface area contributed by atoms with Crippen molar-refractivity contribution in [2.24, 2.45) is 5.41 Å². The molecule has 3 rings (SSSR count). The molecule has 6 nitrogen and oxygen atoms in total. The Morgan fingerprint density at radius 1 is 1.23 bits per heavy atom. The number of carbonyl (C=O) groups is 2. The van der Waals surface area contributed by atoms with Crippen molar-refractivity contribution < 1.29 is 9.59 Å². The minimum absolute atomic E-state index is 0.0181. The standard InChI is InChI=1S/C20H30N4O2/c1-19(2,3)22-18(26)23-12-9-20(10-13-23)8-7-17(25)24(15-20)14-16-6-4-5-11-21-16/h4-6,11H,7-10,12-15H2,1-3H3,(H,22,26). The molecule has 1 spiro atoms. The third-order valence-electron chi connectivity index (χ3n) is 5.42. The van der Waals surface area contributed by atoms with E-state index in [4.69, 9.17) is 0 Å². The van der Waals surface area contributed by atoms with Crippen LogP contribution in [0.4, 0.5) is 4.79 Å². The van der Waals surface area contributed by atoms with Crippen molar-refractivity contribution in [2.45, 2.75) is 58.5 Å². The van der Waals surface area contributed by atoms with Gasteiger partial charge in [0.25, 0.3) is 0 Å². The Hall–Kier alpha value is -2.11. The largest absolute Gasteiger partial charge is 0.336 e. The zero-order chi connectivity index (χ0) is 18.8. The van der Waals surface area contributed by atoms with Crippen molar-refractivity contribution in [1.29, 1.82) is 0 Å². The highest BCUT2D eigenvalue weighted by atomic mass is 16.2. The molecule has 0 aromatic carbocycles. The third-order valence-corrected chi connectivity index (χ3v) is 5.42. The predicted molar refractivity (Wildman–Crippen MR) is 100 cm³/mol. The highest BCUT2D eigenvalue weighted by Crippen LogP contribution is 2.40. The number of rotatable bonds is 2. The van der Waals surface area contributed by atoms with Crippen LogP contribution in [0.25, 0.3) is 0 Å². The fourth-order valence-corrected chi connectivity index (χ4v) is 3.93. The molecule has 0 unspecified atom stereocenters. The van der Waals surface area contributed by atoms with Gasteiger partial charge in [-0.25, -0.2) is 4.79 Å². The van der Waals surface area contributed by atoms with Gasteiger partial charge in [-0.1, -0.05) is 6.07 Å². The summed E-state index contributed by atoms with van der Waals surface area (Å²) in [6.45, 7) is 8.86. The van der Waals surface area contributed by atoms with Crippen molar-refractivity contribution in [1.82, 2.24) is 20.1 Å². The van der Waals surface area contributed by atoms with Gasteiger partial charge in [-0.05, 0) is 57.6 Å². The number of aromatic nitrogens is 1. The lowest BCUT2D eigenvalue weighted by Crippen LogP contribution is -2.55. The maximum Gasteiger partial charge on any atom is 0.317 e. The SMILES string of the molecule is CC(C)(C)NC(=O)N1CCC2(CCC(=O)N(Cc3ccccn3)C2)CC1. The molecule has 1 N–H and O–H groups in total.